The second-order valence-electron chi connectivity index (χ2n) is 8.54. The zero-order valence-corrected chi connectivity index (χ0v) is 18.8. The van der Waals surface area contributed by atoms with Gasteiger partial charge in [-0.2, -0.15) is 0 Å². The van der Waals surface area contributed by atoms with Crippen molar-refractivity contribution in [1.29, 1.82) is 0 Å². The number of ether oxygens (including phenoxy) is 1. The second-order valence-corrected chi connectivity index (χ2v) is 8.54. The van der Waals surface area contributed by atoms with Gasteiger partial charge in [0.25, 0.3) is 11.8 Å². The third kappa shape index (κ3) is 3.92. The van der Waals surface area contributed by atoms with Crippen molar-refractivity contribution in [3.05, 3.63) is 78.6 Å². The lowest BCUT2D eigenvalue weighted by Gasteiger charge is -2.24. The number of imide groups is 1. The van der Waals surface area contributed by atoms with Crippen LogP contribution in [0.5, 0.6) is 5.75 Å². The Balaban J connectivity index is 1.50. The number of benzene rings is 2. The molecule has 0 radical (unpaired) electrons. The van der Waals surface area contributed by atoms with Gasteiger partial charge in [0.2, 0.25) is 0 Å². The van der Waals surface area contributed by atoms with Gasteiger partial charge in [0.1, 0.15) is 11.3 Å². The number of hydrogen-bond donors (Lipinski definition) is 1. The third-order valence-electron chi connectivity index (χ3n) is 6.27. The summed E-state index contributed by atoms with van der Waals surface area (Å²) < 4.78 is 41.4. The molecule has 1 saturated carbocycles. The number of carbonyl (C=O) groups is 3. The molecule has 2 unspecified atom stereocenters. The summed E-state index contributed by atoms with van der Waals surface area (Å²) in [6, 6.07) is 14.0. The lowest BCUT2D eigenvalue weighted by molar-refractivity contribution is -0.274. The molecule has 2 heterocycles. The van der Waals surface area contributed by atoms with Gasteiger partial charge < -0.3 is 10.1 Å². The first-order valence-corrected chi connectivity index (χ1v) is 11.0. The topological polar surface area (TPSA) is 91.8 Å². The van der Waals surface area contributed by atoms with Crippen molar-refractivity contribution in [2.45, 2.75) is 25.2 Å². The van der Waals surface area contributed by atoms with Crippen molar-refractivity contribution in [2.75, 3.05) is 15.1 Å². The molecule has 2 fully saturated rings. The molecule has 1 aliphatic carbocycles. The van der Waals surface area contributed by atoms with Crippen LogP contribution in [0.2, 0.25) is 0 Å². The number of amides is 4. The van der Waals surface area contributed by atoms with E-state index in [2.05, 4.69) is 15.0 Å². The van der Waals surface area contributed by atoms with E-state index in [9.17, 15) is 27.6 Å². The average Bonchev–Trinajstić information content (AvgIpc) is 3.45. The number of aromatic nitrogens is 1. The molecule has 1 spiro atoms. The van der Waals surface area contributed by atoms with E-state index >= 15 is 0 Å². The SMILES string of the molecule is CC1CC12C(=O)N(c1ccc(OC(F)(F)F)cc1)C(=O)N2c1ccncc1C(=O)Nc1ccccc1. The number of urea groups is 1. The van der Waals surface area contributed by atoms with E-state index in [1.54, 1.807) is 30.3 Å². The highest BCUT2D eigenvalue weighted by Crippen LogP contribution is 2.56. The van der Waals surface area contributed by atoms with Crippen LogP contribution in [0.15, 0.2) is 73.1 Å². The fourth-order valence-electron chi connectivity index (χ4n) is 4.48. The molecular formula is C25H19F3N4O4. The standard InChI is InChI=1S/C25H19F3N4O4/c1-15-13-24(15)22(34)31(17-7-9-18(10-8-17)36-25(26,27)28)23(35)32(24)20-11-12-29-14-19(20)21(33)30-16-5-3-2-4-6-16/h2-12,14-15H,13H2,1H3,(H,30,33). The maximum Gasteiger partial charge on any atom is 0.573 e. The van der Waals surface area contributed by atoms with Crippen molar-refractivity contribution in [1.82, 2.24) is 4.98 Å². The maximum atomic E-state index is 13.6. The predicted octanol–water partition coefficient (Wildman–Crippen LogP) is 4.98. The van der Waals surface area contributed by atoms with Crippen LogP contribution in [0.4, 0.5) is 35.0 Å². The molecule has 8 nitrogen and oxygen atoms in total. The summed E-state index contributed by atoms with van der Waals surface area (Å²) in [4.78, 5) is 46.5. The largest absolute Gasteiger partial charge is 0.573 e. The lowest BCUT2D eigenvalue weighted by Crippen LogP contribution is -2.40. The Morgan fingerprint density at radius 2 is 1.75 bits per heavy atom. The fraction of sp³-hybridized carbons (Fsp3) is 0.200. The number of nitrogens with one attached hydrogen (secondary N) is 1. The molecule has 2 atom stereocenters. The monoisotopic (exact) mass is 496 g/mol. The van der Waals surface area contributed by atoms with E-state index in [-0.39, 0.29) is 22.9 Å². The molecule has 2 aromatic carbocycles. The zero-order valence-electron chi connectivity index (χ0n) is 18.8. The summed E-state index contributed by atoms with van der Waals surface area (Å²) in [5.74, 6) is -1.72. The number of anilines is 3. The van der Waals surface area contributed by atoms with Gasteiger partial charge >= 0.3 is 12.4 Å². The van der Waals surface area contributed by atoms with Crippen LogP contribution < -0.4 is 19.9 Å². The van der Waals surface area contributed by atoms with Gasteiger partial charge in [0.05, 0.1) is 16.9 Å². The summed E-state index contributed by atoms with van der Waals surface area (Å²) in [6.07, 6.45) is -1.77. The van der Waals surface area contributed by atoms with Crippen LogP contribution in [0.3, 0.4) is 0 Å². The Bertz CT molecular complexity index is 1350. The van der Waals surface area contributed by atoms with Crippen LogP contribution >= 0.6 is 0 Å². The zero-order chi connectivity index (χ0) is 25.7. The third-order valence-corrected chi connectivity index (χ3v) is 6.27. The first-order chi connectivity index (χ1) is 17.1. The highest BCUT2D eigenvalue weighted by atomic mass is 19.4. The first kappa shape index (κ1) is 23.3. The highest BCUT2D eigenvalue weighted by Gasteiger charge is 2.71. The first-order valence-electron chi connectivity index (χ1n) is 11.0. The minimum Gasteiger partial charge on any atom is -0.406 e. The molecule has 2 aliphatic rings. The molecule has 1 aliphatic heterocycles. The van der Waals surface area contributed by atoms with Crippen LogP contribution in [-0.4, -0.2) is 34.7 Å². The van der Waals surface area contributed by atoms with Crippen LogP contribution in [0.1, 0.15) is 23.7 Å². The van der Waals surface area contributed by atoms with Crippen molar-refractivity contribution in [3.8, 4) is 5.75 Å². The molecule has 1 N–H and O–H groups in total. The predicted molar refractivity (Wildman–Crippen MR) is 124 cm³/mol. The Labute approximate surface area is 203 Å². The number of para-hydroxylation sites is 1. The molecule has 0 bridgehead atoms. The van der Waals surface area contributed by atoms with E-state index in [0.717, 1.165) is 17.0 Å². The minimum absolute atomic E-state index is 0.0878. The number of rotatable bonds is 5. The Kier molecular flexibility index (Phi) is 5.42. The fourth-order valence-corrected chi connectivity index (χ4v) is 4.48. The van der Waals surface area contributed by atoms with E-state index in [1.165, 1.54) is 35.5 Å². The lowest BCUT2D eigenvalue weighted by atomic mass is 10.1. The van der Waals surface area contributed by atoms with E-state index in [0.29, 0.717) is 12.1 Å². The number of hydrogen-bond acceptors (Lipinski definition) is 5. The Morgan fingerprint density at radius 1 is 1.08 bits per heavy atom. The van der Waals surface area contributed by atoms with E-state index < -0.39 is 35.5 Å². The van der Waals surface area contributed by atoms with Gasteiger partial charge in [0, 0.05) is 18.1 Å². The quantitative estimate of drug-likeness (QED) is 0.503. The maximum absolute atomic E-state index is 13.6. The van der Waals surface area contributed by atoms with E-state index in [4.69, 9.17) is 0 Å². The number of halogens is 3. The smallest absolute Gasteiger partial charge is 0.406 e. The van der Waals surface area contributed by atoms with Gasteiger partial charge in [-0.15, -0.1) is 13.2 Å². The van der Waals surface area contributed by atoms with Crippen molar-refractivity contribution < 1.29 is 32.3 Å². The van der Waals surface area contributed by atoms with Gasteiger partial charge in [-0.25, -0.2) is 9.69 Å². The Hall–Kier alpha value is -4.41. The summed E-state index contributed by atoms with van der Waals surface area (Å²) in [5, 5.41) is 2.75. The molecular weight excluding hydrogens is 477 g/mol. The van der Waals surface area contributed by atoms with Gasteiger partial charge in [0.15, 0.2) is 0 Å². The van der Waals surface area contributed by atoms with Gasteiger partial charge in [-0.3, -0.25) is 19.5 Å². The number of carbonyl (C=O) groups excluding carboxylic acids is 3. The van der Waals surface area contributed by atoms with Crippen LogP contribution in [-0.2, 0) is 4.79 Å². The van der Waals surface area contributed by atoms with E-state index in [1.807, 2.05) is 6.92 Å². The molecule has 4 amide bonds. The molecule has 3 aromatic rings. The van der Waals surface area contributed by atoms with Gasteiger partial charge in [-0.05, 0) is 54.8 Å². The molecule has 1 aromatic heterocycles. The van der Waals surface area contributed by atoms with Gasteiger partial charge in [-0.1, -0.05) is 25.1 Å². The Morgan fingerprint density at radius 3 is 2.36 bits per heavy atom. The normalized spacial score (nSPS) is 21.2. The number of nitrogens with zero attached hydrogens (tertiary/aromatic N) is 3. The van der Waals surface area contributed by atoms with Crippen molar-refractivity contribution in [3.63, 3.8) is 0 Å². The summed E-state index contributed by atoms with van der Waals surface area (Å²) in [6.45, 7) is 1.81. The molecule has 1 saturated heterocycles. The second kappa shape index (κ2) is 8.36. The highest BCUT2D eigenvalue weighted by molar-refractivity contribution is 6.32. The molecule has 184 valence electrons. The summed E-state index contributed by atoms with van der Waals surface area (Å²) >= 11 is 0. The summed E-state index contributed by atoms with van der Waals surface area (Å²) in [5.41, 5.74) is -0.276. The molecule has 36 heavy (non-hydrogen) atoms. The summed E-state index contributed by atoms with van der Waals surface area (Å²) in [7, 11) is 0. The number of pyridine rings is 1. The molecule has 11 heteroatoms. The molecule has 5 rings (SSSR count). The number of alkyl halides is 3. The minimum atomic E-state index is -4.87. The average molecular weight is 496 g/mol. The van der Waals surface area contributed by atoms with Crippen molar-refractivity contribution in [2.24, 2.45) is 5.92 Å². The van der Waals surface area contributed by atoms with Crippen molar-refractivity contribution >= 4 is 34.9 Å². The van der Waals surface area contributed by atoms with Crippen LogP contribution in [0, 0.1) is 5.92 Å². The van der Waals surface area contributed by atoms with Crippen LogP contribution in [0.25, 0.3) is 0 Å².